The van der Waals surface area contributed by atoms with Crippen LogP contribution in [-0.2, 0) is 21.2 Å². The minimum absolute atomic E-state index is 0.107. The fraction of sp³-hybridized carbons (Fsp3) is 0.278. The molecule has 0 saturated carbocycles. The van der Waals surface area contributed by atoms with Crippen molar-refractivity contribution in [3.05, 3.63) is 47.0 Å². The first kappa shape index (κ1) is 17.2. The summed E-state index contributed by atoms with van der Waals surface area (Å²) in [5.74, 6) is -0.135. The van der Waals surface area contributed by atoms with E-state index >= 15 is 0 Å². The molecule has 2 aliphatic heterocycles. The number of benzene rings is 2. The lowest BCUT2D eigenvalue weighted by atomic mass is 10.2. The largest absolute Gasteiger partial charge is 0.371 e. The van der Waals surface area contributed by atoms with E-state index in [9.17, 15) is 13.2 Å². The van der Waals surface area contributed by atoms with Crippen molar-refractivity contribution in [3.8, 4) is 0 Å². The van der Waals surface area contributed by atoms with Gasteiger partial charge in [0.2, 0.25) is 5.91 Å². The first-order valence-corrected chi connectivity index (χ1v) is 10.3. The lowest BCUT2D eigenvalue weighted by Crippen LogP contribution is -2.18. The number of amides is 1. The van der Waals surface area contributed by atoms with E-state index in [1.807, 2.05) is 6.07 Å². The molecular formula is C18H18ClN3O3S. The van der Waals surface area contributed by atoms with Gasteiger partial charge >= 0.3 is 0 Å². The minimum atomic E-state index is -3.81. The molecular weight excluding hydrogens is 374 g/mol. The molecule has 2 N–H and O–H groups in total. The molecule has 0 spiro atoms. The van der Waals surface area contributed by atoms with Gasteiger partial charge in [-0.1, -0.05) is 11.6 Å². The van der Waals surface area contributed by atoms with Gasteiger partial charge in [-0.15, -0.1) is 0 Å². The topological polar surface area (TPSA) is 78.5 Å². The van der Waals surface area contributed by atoms with Gasteiger partial charge in [-0.2, -0.15) is 0 Å². The van der Waals surface area contributed by atoms with Crippen molar-refractivity contribution in [3.63, 3.8) is 0 Å². The van der Waals surface area contributed by atoms with Gasteiger partial charge in [0.05, 0.1) is 22.0 Å². The van der Waals surface area contributed by atoms with E-state index in [4.69, 9.17) is 11.6 Å². The van der Waals surface area contributed by atoms with Crippen molar-refractivity contribution in [2.45, 2.75) is 24.2 Å². The number of sulfonamides is 1. The van der Waals surface area contributed by atoms with Crippen LogP contribution in [0.25, 0.3) is 0 Å². The Hall–Kier alpha value is -2.25. The third-order valence-electron chi connectivity index (χ3n) is 4.68. The molecule has 2 heterocycles. The van der Waals surface area contributed by atoms with E-state index in [0.717, 1.165) is 31.6 Å². The lowest BCUT2D eigenvalue weighted by molar-refractivity contribution is -0.115. The van der Waals surface area contributed by atoms with Crippen LogP contribution >= 0.6 is 11.6 Å². The van der Waals surface area contributed by atoms with Crippen LogP contribution in [0.15, 0.2) is 41.3 Å². The Bertz CT molecular complexity index is 985. The van der Waals surface area contributed by atoms with E-state index in [-0.39, 0.29) is 17.2 Å². The van der Waals surface area contributed by atoms with E-state index in [0.29, 0.717) is 22.0 Å². The SMILES string of the molecule is O=C1Cc2cc(S(=O)(=O)Nc3cc(N4CCCC4)ccc3Cl)ccc2N1. The van der Waals surface area contributed by atoms with Crippen molar-refractivity contribution in [2.24, 2.45) is 0 Å². The average molecular weight is 392 g/mol. The second-order valence-corrected chi connectivity index (χ2v) is 8.60. The summed E-state index contributed by atoms with van der Waals surface area (Å²) in [6.07, 6.45) is 2.45. The molecule has 4 rings (SSSR count). The Morgan fingerprint density at radius 1 is 1.08 bits per heavy atom. The van der Waals surface area contributed by atoms with Crippen LogP contribution in [0.3, 0.4) is 0 Å². The summed E-state index contributed by atoms with van der Waals surface area (Å²) in [5, 5.41) is 3.03. The number of rotatable bonds is 4. The summed E-state index contributed by atoms with van der Waals surface area (Å²) in [4.78, 5) is 13.8. The standard InChI is InChI=1S/C18H18ClN3O3S/c19-15-5-3-13(22-7-1-2-8-22)11-17(15)21-26(24,25)14-4-6-16-12(9-14)10-18(23)20-16/h3-6,9,11,21H,1-2,7-8,10H2,(H,20,23). The second-order valence-electron chi connectivity index (χ2n) is 6.51. The van der Waals surface area contributed by atoms with Crippen LogP contribution in [0, 0.1) is 0 Å². The molecule has 2 aromatic rings. The molecule has 1 fully saturated rings. The minimum Gasteiger partial charge on any atom is -0.371 e. The number of anilines is 3. The molecule has 0 unspecified atom stereocenters. The maximum atomic E-state index is 12.8. The highest BCUT2D eigenvalue weighted by Crippen LogP contribution is 2.32. The van der Waals surface area contributed by atoms with Crippen molar-refractivity contribution < 1.29 is 13.2 Å². The fourth-order valence-corrected chi connectivity index (χ4v) is 4.68. The van der Waals surface area contributed by atoms with Crippen LogP contribution in [-0.4, -0.2) is 27.4 Å². The lowest BCUT2D eigenvalue weighted by Gasteiger charge is -2.19. The van der Waals surface area contributed by atoms with E-state index < -0.39 is 10.0 Å². The Balaban J connectivity index is 1.63. The van der Waals surface area contributed by atoms with Crippen molar-refractivity contribution in [1.82, 2.24) is 0 Å². The predicted molar refractivity (Wildman–Crippen MR) is 102 cm³/mol. The van der Waals surface area contributed by atoms with Gasteiger partial charge in [0.15, 0.2) is 0 Å². The molecule has 2 aromatic carbocycles. The molecule has 26 heavy (non-hydrogen) atoms. The van der Waals surface area contributed by atoms with Crippen LogP contribution in [0.4, 0.5) is 17.1 Å². The number of nitrogens with zero attached hydrogens (tertiary/aromatic N) is 1. The molecule has 0 bridgehead atoms. The third-order valence-corrected chi connectivity index (χ3v) is 6.37. The maximum absolute atomic E-state index is 12.8. The van der Waals surface area contributed by atoms with Gasteiger partial charge in [-0.05, 0) is 54.8 Å². The number of fused-ring (bicyclic) bond motifs is 1. The Morgan fingerprint density at radius 3 is 2.62 bits per heavy atom. The van der Waals surface area contributed by atoms with Gasteiger partial charge in [0.25, 0.3) is 10.0 Å². The average Bonchev–Trinajstić information content (AvgIpc) is 3.24. The molecule has 0 atom stereocenters. The molecule has 0 aromatic heterocycles. The summed E-state index contributed by atoms with van der Waals surface area (Å²) >= 11 is 6.21. The highest BCUT2D eigenvalue weighted by Gasteiger charge is 2.23. The summed E-state index contributed by atoms with van der Waals surface area (Å²) in [7, 11) is -3.81. The molecule has 0 aliphatic carbocycles. The summed E-state index contributed by atoms with van der Waals surface area (Å²) in [6.45, 7) is 1.92. The summed E-state index contributed by atoms with van der Waals surface area (Å²) in [6, 6.07) is 9.98. The molecule has 1 saturated heterocycles. The first-order valence-electron chi connectivity index (χ1n) is 8.42. The third kappa shape index (κ3) is 3.24. The van der Waals surface area contributed by atoms with Gasteiger partial charge in [-0.25, -0.2) is 8.42 Å². The zero-order valence-corrected chi connectivity index (χ0v) is 15.5. The Labute approximate surface area is 157 Å². The van der Waals surface area contributed by atoms with Crippen molar-refractivity contribution in [2.75, 3.05) is 28.0 Å². The maximum Gasteiger partial charge on any atom is 0.261 e. The molecule has 6 nitrogen and oxygen atoms in total. The fourth-order valence-electron chi connectivity index (χ4n) is 3.34. The van der Waals surface area contributed by atoms with E-state index in [1.165, 1.54) is 12.1 Å². The number of carbonyl (C=O) groups is 1. The number of nitrogens with one attached hydrogen (secondary N) is 2. The van der Waals surface area contributed by atoms with Crippen molar-refractivity contribution in [1.29, 1.82) is 0 Å². The smallest absolute Gasteiger partial charge is 0.261 e. The van der Waals surface area contributed by atoms with Gasteiger partial charge in [0.1, 0.15) is 0 Å². The molecule has 2 aliphatic rings. The number of hydrogen-bond donors (Lipinski definition) is 2. The zero-order chi connectivity index (χ0) is 18.3. The van der Waals surface area contributed by atoms with E-state index in [2.05, 4.69) is 14.9 Å². The van der Waals surface area contributed by atoms with Crippen LogP contribution in [0.5, 0.6) is 0 Å². The monoisotopic (exact) mass is 391 g/mol. The number of hydrogen-bond acceptors (Lipinski definition) is 4. The molecule has 8 heteroatoms. The highest BCUT2D eigenvalue weighted by atomic mass is 35.5. The van der Waals surface area contributed by atoms with Gasteiger partial charge in [-0.3, -0.25) is 9.52 Å². The Kier molecular flexibility index (Phi) is 4.28. The number of carbonyl (C=O) groups excluding carboxylic acids is 1. The van der Waals surface area contributed by atoms with Crippen molar-refractivity contribution >= 4 is 44.6 Å². The first-order chi connectivity index (χ1) is 12.4. The van der Waals surface area contributed by atoms with Crippen LogP contribution in [0.1, 0.15) is 18.4 Å². The zero-order valence-electron chi connectivity index (χ0n) is 14.0. The van der Waals surface area contributed by atoms with Crippen LogP contribution in [0.2, 0.25) is 5.02 Å². The Morgan fingerprint density at radius 2 is 1.85 bits per heavy atom. The van der Waals surface area contributed by atoms with Gasteiger partial charge in [0, 0.05) is 24.5 Å². The highest BCUT2D eigenvalue weighted by molar-refractivity contribution is 7.92. The van der Waals surface area contributed by atoms with Crippen LogP contribution < -0.4 is 14.9 Å². The van der Waals surface area contributed by atoms with Gasteiger partial charge < -0.3 is 10.2 Å². The summed E-state index contributed by atoms with van der Waals surface area (Å²) < 4.78 is 28.1. The predicted octanol–water partition coefficient (Wildman–Crippen LogP) is 3.24. The quantitative estimate of drug-likeness (QED) is 0.838. The number of halogens is 1. The summed E-state index contributed by atoms with van der Waals surface area (Å²) in [5.41, 5.74) is 2.64. The molecule has 136 valence electrons. The molecule has 0 radical (unpaired) electrons. The van der Waals surface area contributed by atoms with E-state index in [1.54, 1.807) is 18.2 Å². The second kappa shape index (κ2) is 6.48. The molecule has 1 amide bonds. The normalized spacial score (nSPS) is 16.5.